The van der Waals surface area contributed by atoms with Crippen molar-refractivity contribution in [2.24, 2.45) is 0 Å². The quantitative estimate of drug-likeness (QED) is 0.787. The summed E-state index contributed by atoms with van der Waals surface area (Å²) in [5.74, 6) is 0.301. The van der Waals surface area contributed by atoms with Gasteiger partial charge in [0.15, 0.2) is 11.5 Å². The fraction of sp³-hybridized carbons (Fsp3) is 0.500. The van der Waals surface area contributed by atoms with Crippen LogP contribution in [0.2, 0.25) is 0 Å². The molecule has 0 aromatic heterocycles. The maximum absolute atomic E-state index is 12.9. The molecule has 142 valence electrons. The number of amides is 1. The lowest BCUT2D eigenvalue weighted by Gasteiger charge is -2.35. The molecule has 0 saturated heterocycles. The average molecular weight is 361 g/mol. The molecule has 1 aliphatic carbocycles. The van der Waals surface area contributed by atoms with Crippen LogP contribution in [0.3, 0.4) is 0 Å². The molecular formula is C20H27NO5. The van der Waals surface area contributed by atoms with Gasteiger partial charge in [0, 0.05) is 11.1 Å². The van der Waals surface area contributed by atoms with Crippen molar-refractivity contribution >= 4 is 18.0 Å². The van der Waals surface area contributed by atoms with Crippen molar-refractivity contribution in [2.75, 3.05) is 21.3 Å². The fourth-order valence-electron chi connectivity index (χ4n) is 3.45. The summed E-state index contributed by atoms with van der Waals surface area (Å²) in [7, 11) is 4.43. The van der Waals surface area contributed by atoms with Gasteiger partial charge in [0.05, 0.1) is 21.3 Å². The summed E-state index contributed by atoms with van der Waals surface area (Å²) < 4.78 is 15.7. The predicted octanol–water partition coefficient (Wildman–Crippen LogP) is 3.34. The van der Waals surface area contributed by atoms with Crippen molar-refractivity contribution in [3.63, 3.8) is 0 Å². The van der Waals surface area contributed by atoms with Crippen LogP contribution >= 0.6 is 0 Å². The van der Waals surface area contributed by atoms with Gasteiger partial charge in [0.2, 0.25) is 0 Å². The summed E-state index contributed by atoms with van der Waals surface area (Å²) in [4.78, 5) is 25.3. The SMILES string of the molecule is C/C=C/c1cc(C(=O)NC2(C(=O)OC)CCCCC2)cc(OC)c1OC. The van der Waals surface area contributed by atoms with Gasteiger partial charge in [-0.1, -0.05) is 31.4 Å². The van der Waals surface area contributed by atoms with Crippen molar-refractivity contribution in [1.82, 2.24) is 5.32 Å². The first kappa shape index (κ1) is 19.8. The lowest BCUT2D eigenvalue weighted by Crippen LogP contribution is -2.56. The van der Waals surface area contributed by atoms with E-state index in [4.69, 9.17) is 14.2 Å². The third kappa shape index (κ3) is 4.00. The Balaban J connectivity index is 2.38. The van der Waals surface area contributed by atoms with Crippen molar-refractivity contribution in [3.05, 3.63) is 29.3 Å². The molecule has 6 nitrogen and oxygen atoms in total. The number of esters is 1. The molecule has 0 atom stereocenters. The Morgan fingerprint density at radius 1 is 1.08 bits per heavy atom. The number of allylic oxidation sites excluding steroid dienone is 1. The molecule has 1 aromatic carbocycles. The minimum atomic E-state index is -0.960. The summed E-state index contributed by atoms with van der Waals surface area (Å²) in [6.07, 6.45) is 7.68. The van der Waals surface area contributed by atoms with E-state index in [-0.39, 0.29) is 11.9 Å². The molecule has 26 heavy (non-hydrogen) atoms. The second-order valence-electron chi connectivity index (χ2n) is 6.39. The van der Waals surface area contributed by atoms with E-state index in [1.54, 1.807) is 19.2 Å². The van der Waals surface area contributed by atoms with Gasteiger partial charge < -0.3 is 19.5 Å². The molecule has 0 spiro atoms. The van der Waals surface area contributed by atoms with E-state index in [0.29, 0.717) is 29.9 Å². The number of rotatable bonds is 6. The standard InChI is InChI=1S/C20H27NO5/c1-5-9-14-12-15(13-16(24-2)17(14)25-3)18(22)21-20(19(23)26-4)10-7-6-8-11-20/h5,9,12-13H,6-8,10-11H2,1-4H3,(H,21,22)/b9-5+. The number of ether oxygens (including phenoxy) is 3. The van der Waals surface area contributed by atoms with Gasteiger partial charge in [-0.25, -0.2) is 4.79 Å². The number of hydrogen-bond donors (Lipinski definition) is 1. The maximum atomic E-state index is 12.9. The van der Waals surface area contributed by atoms with Crippen LogP contribution in [-0.2, 0) is 9.53 Å². The van der Waals surface area contributed by atoms with E-state index in [2.05, 4.69) is 5.32 Å². The Morgan fingerprint density at radius 2 is 1.77 bits per heavy atom. The molecule has 0 unspecified atom stereocenters. The Hall–Kier alpha value is -2.50. The van der Waals surface area contributed by atoms with Crippen molar-refractivity contribution in [3.8, 4) is 11.5 Å². The second-order valence-corrected chi connectivity index (χ2v) is 6.39. The van der Waals surface area contributed by atoms with Gasteiger partial charge in [0.1, 0.15) is 5.54 Å². The van der Waals surface area contributed by atoms with Crippen LogP contribution in [0.25, 0.3) is 6.08 Å². The molecule has 0 heterocycles. The van der Waals surface area contributed by atoms with Crippen LogP contribution in [-0.4, -0.2) is 38.7 Å². The van der Waals surface area contributed by atoms with E-state index >= 15 is 0 Å². The highest BCUT2D eigenvalue weighted by Gasteiger charge is 2.42. The molecule has 0 bridgehead atoms. The molecule has 1 N–H and O–H groups in total. The third-order valence-electron chi connectivity index (χ3n) is 4.75. The lowest BCUT2D eigenvalue weighted by molar-refractivity contribution is -0.149. The highest BCUT2D eigenvalue weighted by atomic mass is 16.5. The molecule has 6 heteroatoms. The van der Waals surface area contributed by atoms with Crippen molar-refractivity contribution in [1.29, 1.82) is 0 Å². The zero-order chi connectivity index (χ0) is 19.2. The topological polar surface area (TPSA) is 73.9 Å². The average Bonchev–Trinajstić information content (AvgIpc) is 2.67. The Bertz CT molecular complexity index is 690. The number of methoxy groups -OCH3 is 3. The van der Waals surface area contributed by atoms with Crippen LogP contribution in [0.15, 0.2) is 18.2 Å². The summed E-state index contributed by atoms with van der Waals surface area (Å²) in [5.41, 5.74) is 0.178. The van der Waals surface area contributed by atoms with E-state index in [1.807, 2.05) is 19.1 Å². The first-order valence-corrected chi connectivity index (χ1v) is 8.81. The van der Waals surface area contributed by atoms with E-state index in [0.717, 1.165) is 24.8 Å². The van der Waals surface area contributed by atoms with Crippen LogP contribution in [0.4, 0.5) is 0 Å². The number of nitrogens with one attached hydrogen (secondary N) is 1. The second kappa shape index (κ2) is 8.74. The van der Waals surface area contributed by atoms with Gasteiger partial charge in [-0.3, -0.25) is 4.79 Å². The van der Waals surface area contributed by atoms with Gasteiger partial charge in [-0.05, 0) is 31.9 Å². The number of carbonyl (C=O) groups is 2. The minimum absolute atomic E-state index is 0.330. The number of benzene rings is 1. The van der Waals surface area contributed by atoms with Gasteiger partial charge >= 0.3 is 5.97 Å². The first-order chi connectivity index (χ1) is 12.5. The van der Waals surface area contributed by atoms with E-state index < -0.39 is 5.54 Å². The molecule has 2 rings (SSSR count). The Morgan fingerprint density at radius 3 is 2.31 bits per heavy atom. The lowest BCUT2D eigenvalue weighted by atomic mass is 9.81. The van der Waals surface area contributed by atoms with E-state index in [9.17, 15) is 9.59 Å². The van der Waals surface area contributed by atoms with Crippen LogP contribution in [0, 0.1) is 0 Å². The molecule has 1 aliphatic rings. The zero-order valence-electron chi connectivity index (χ0n) is 15.9. The van der Waals surface area contributed by atoms with Gasteiger partial charge in [0.25, 0.3) is 5.91 Å². The monoisotopic (exact) mass is 361 g/mol. The van der Waals surface area contributed by atoms with Crippen LogP contribution in [0.5, 0.6) is 11.5 Å². The number of hydrogen-bond acceptors (Lipinski definition) is 5. The summed E-state index contributed by atoms with van der Waals surface area (Å²) in [6, 6.07) is 3.35. The van der Waals surface area contributed by atoms with Gasteiger partial charge in [-0.15, -0.1) is 0 Å². The fourth-order valence-corrected chi connectivity index (χ4v) is 3.45. The zero-order valence-corrected chi connectivity index (χ0v) is 15.9. The Labute approximate surface area is 154 Å². The van der Waals surface area contributed by atoms with Gasteiger partial charge in [-0.2, -0.15) is 0 Å². The third-order valence-corrected chi connectivity index (χ3v) is 4.75. The molecule has 1 amide bonds. The maximum Gasteiger partial charge on any atom is 0.331 e. The summed E-state index contributed by atoms with van der Waals surface area (Å²) in [5, 5.41) is 2.92. The molecule has 0 radical (unpaired) electrons. The van der Waals surface area contributed by atoms with E-state index in [1.165, 1.54) is 14.2 Å². The summed E-state index contributed by atoms with van der Waals surface area (Å²) >= 11 is 0. The first-order valence-electron chi connectivity index (χ1n) is 8.81. The summed E-state index contributed by atoms with van der Waals surface area (Å²) in [6.45, 7) is 1.88. The predicted molar refractivity (Wildman–Crippen MR) is 99.6 cm³/mol. The molecular weight excluding hydrogens is 334 g/mol. The van der Waals surface area contributed by atoms with Crippen molar-refractivity contribution < 1.29 is 23.8 Å². The van der Waals surface area contributed by atoms with Crippen molar-refractivity contribution in [2.45, 2.75) is 44.6 Å². The highest BCUT2D eigenvalue weighted by molar-refractivity contribution is 5.99. The smallest absolute Gasteiger partial charge is 0.331 e. The molecule has 0 aliphatic heterocycles. The molecule has 1 aromatic rings. The molecule has 1 fully saturated rings. The number of carbonyl (C=O) groups excluding carboxylic acids is 2. The Kier molecular flexibility index (Phi) is 6.66. The molecule has 1 saturated carbocycles. The normalized spacial score (nSPS) is 16.2. The minimum Gasteiger partial charge on any atom is -0.493 e. The largest absolute Gasteiger partial charge is 0.493 e. The van der Waals surface area contributed by atoms with Crippen LogP contribution in [0.1, 0.15) is 54.9 Å². The highest BCUT2D eigenvalue weighted by Crippen LogP contribution is 2.34. The van der Waals surface area contributed by atoms with Crippen LogP contribution < -0.4 is 14.8 Å².